The molecule has 2 heteroatoms. The number of nitrogens with one attached hydrogen (secondary N) is 1. The normalized spacial score (nSPS) is 13.6. The molecule has 0 aliphatic rings. The summed E-state index contributed by atoms with van der Waals surface area (Å²) in [5.41, 5.74) is 5.91. The van der Waals surface area contributed by atoms with Crippen molar-refractivity contribution in [2.45, 2.75) is 52.5 Å². The van der Waals surface area contributed by atoms with Crippen LogP contribution in [0.25, 0.3) is 0 Å². The van der Waals surface area contributed by atoms with E-state index in [1.807, 2.05) is 0 Å². The van der Waals surface area contributed by atoms with Crippen molar-refractivity contribution in [3.63, 3.8) is 0 Å². The Balaban J connectivity index is 3.12. The lowest BCUT2D eigenvalue weighted by molar-refractivity contribution is 0.489. The zero-order valence-corrected chi connectivity index (χ0v) is 9.47. The molecule has 0 saturated heterocycles. The fourth-order valence-electron chi connectivity index (χ4n) is 1.25. The second kappa shape index (κ2) is 8.52. The van der Waals surface area contributed by atoms with Gasteiger partial charge in [0.2, 0.25) is 0 Å². The molecule has 0 aromatic rings. The highest BCUT2D eigenvalue weighted by atomic mass is 14.9. The molecule has 3 N–H and O–H groups in total. The highest BCUT2D eigenvalue weighted by Gasteiger charge is 2.00. The second-order valence-corrected chi connectivity index (χ2v) is 4.29. The van der Waals surface area contributed by atoms with Gasteiger partial charge in [-0.2, -0.15) is 0 Å². The Bertz CT molecular complexity index is 102. The van der Waals surface area contributed by atoms with Gasteiger partial charge in [-0.05, 0) is 25.3 Å². The molecule has 0 aliphatic heterocycles. The Kier molecular flexibility index (Phi) is 8.46. The maximum atomic E-state index is 5.91. The first kappa shape index (κ1) is 12.9. The van der Waals surface area contributed by atoms with Crippen LogP contribution in [0.3, 0.4) is 0 Å². The number of hydrogen-bond donors (Lipinski definition) is 2. The Labute approximate surface area is 83.3 Å². The van der Waals surface area contributed by atoms with Gasteiger partial charge in [-0.25, -0.2) is 0 Å². The van der Waals surface area contributed by atoms with Crippen molar-refractivity contribution in [2.24, 2.45) is 11.7 Å². The highest BCUT2D eigenvalue weighted by molar-refractivity contribution is 4.64. The Morgan fingerprint density at radius 2 is 1.92 bits per heavy atom. The van der Waals surface area contributed by atoms with Gasteiger partial charge in [0.25, 0.3) is 0 Å². The zero-order chi connectivity index (χ0) is 10.1. The van der Waals surface area contributed by atoms with Gasteiger partial charge in [-0.15, -0.1) is 0 Å². The molecule has 2 nitrogen and oxygen atoms in total. The van der Waals surface area contributed by atoms with Crippen LogP contribution in [0.1, 0.15) is 46.5 Å². The van der Waals surface area contributed by atoms with Crippen molar-refractivity contribution >= 4 is 0 Å². The van der Waals surface area contributed by atoms with E-state index in [0.29, 0.717) is 6.04 Å². The molecule has 0 bridgehead atoms. The van der Waals surface area contributed by atoms with Crippen LogP contribution in [-0.4, -0.2) is 19.1 Å². The summed E-state index contributed by atoms with van der Waals surface area (Å²) in [4.78, 5) is 0. The van der Waals surface area contributed by atoms with E-state index in [1.54, 1.807) is 0 Å². The largest absolute Gasteiger partial charge is 0.327 e. The topological polar surface area (TPSA) is 38.0 Å². The second-order valence-electron chi connectivity index (χ2n) is 4.29. The average Bonchev–Trinajstić information content (AvgIpc) is 2.08. The maximum absolute atomic E-state index is 5.91. The molecule has 1 unspecified atom stereocenters. The van der Waals surface area contributed by atoms with E-state index in [0.717, 1.165) is 25.4 Å². The van der Waals surface area contributed by atoms with Crippen molar-refractivity contribution in [2.75, 3.05) is 13.1 Å². The maximum Gasteiger partial charge on any atom is 0.0165 e. The van der Waals surface area contributed by atoms with Gasteiger partial charge in [0.1, 0.15) is 0 Å². The molecule has 0 saturated carbocycles. The van der Waals surface area contributed by atoms with Crippen LogP contribution in [0.5, 0.6) is 0 Å². The summed E-state index contributed by atoms with van der Waals surface area (Å²) in [5, 5.41) is 3.40. The van der Waals surface area contributed by atoms with Gasteiger partial charge in [0.05, 0.1) is 0 Å². The zero-order valence-electron chi connectivity index (χ0n) is 9.47. The van der Waals surface area contributed by atoms with Gasteiger partial charge in [-0.1, -0.05) is 33.6 Å². The van der Waals surface area contributed by atoms with E-state index >= 15 is 0 Å². The molecule has 0 aliphatic carbocycles. The van der Waals surface area contributed by atoms with Gasteiger partial charge in [-0.3, -0.25) is 0 Å². The van der Waals surface area contributed by atoms with Crippen LogP contribution >= 0.6 is 0 Å². The Morgan fingerprint density at radius 1 is 1.23 bits per heavy atom. The van der Waals surface area contributed by atoms with Gasteiger partial charge >= 0.3 is 0 Å². The fourth-order valence-corrected chi connectivity index (χ4v) is 1.25. The molecule has 0 fully saturated rings. The van der Waals surface area contributed by atoms with Crippen LogP contribution in [0.4, 0.5) is 0 Å². The molecule has 0 spiro atoms. The number of rotatable bonds is 8. The molecule has 1 atom stereocenters. The third-order valence-corrected chi connectivity index (χ3v) is 2.23. The SMILES string of the molecule is CCCCC(N)CNCCC(C)C. The van der Waals surface area contributed by atoms with Crippen molar-refractivity contribution in [1.29, 1.82) is 0 Å². The molecule has 0 rings (SSSR count). The summed E-state index contributed by atoms with van der Waals surface area (Å²) in [5.74, 6) is 0.791. The van der Waals surface area contributed by atoms with Crippen LogP contribution in [0.15, 0.2) is 0 Å². The van der Waals surface area contributed by atoms with E-state index in [9.17, 15) is 0 Å². The number of nitrogens with two attached hydrogens (primary N) is 1. The van der Waals surface area contributed by atoms with Crippen LogP contribution < -0.4 is 11.1 Å². The van der Waals surface area contributed by atoms with Gasteiger partial charge in [0.15, 0.2) is 0 Å². The van der Waals surface area contributed by atoms with E-state index in [4.69, 9.17) is 5.73 Å². The van der Waals surface area contributed by atoms with Crippen LogP contribution in [-0.2, 0) is 0 Å². The Hall–Kier alpha value is -0.0800. The van der Waals surface area contributed by atoms with E-state index in [2.05, 4.69) is 26.1 Å². The number of hydrogen-bond acceptors (Lipinski definition) is 2. The standard InChI is InChI=1S/C11H26N2/c1-4-5-6-11(12)9-13-8-7-10(2)3/h10-11,13H,4-9,12H2,1-3H3. The molecule has 0 amide bonds. The van der Waals surface area contributed by atoms with Crippen molar-refractivity contribution in [3.05, 3.63) is 0 Å². The lowest BCUT2D eigenvalue weighted by Crippen LogP contribution is -2.34. The summed E-state index contributed by atoms with van der Waals surface area (Å²) in [6, 6.07) is 0.354. The van der Waals surface area contributed by atoms with Crippen LogP contribution in [0, 0.1) is 5.92 Å². The first-order chi connectivity index (χ1) is 6.16. The number of unbranched alkanes of at least 4 members (excludes halogenated alkanes) is 1. The minimum atomic E-state index is 0.354. The van der Waals surface area contributed by atoms with E-state index < -0.39 is 0 Å². The highest BCUT2D eigenvalue weighted by Crippen LogP contribution is 1.98. The first-order valence-electron chi connectivity index (χ1n) is 5.63. The van der Waals surface area contributed by atoms with E-state index in [-0.39, 0.29) is 0 Å². The summed E-state index contributed by atoms with van der Waals surface area (Å²) in [7, 11) is 0. The molecule has 80 valence electrons. The lowest BCUT2D eigenvalue weighted by atomic mass is 10.1. The summed E-state index contributed by atoms with van der Waals surface area (Å²) in [6.07, 6.45) is 4.92. The molecule has 0 aromatic carbocycles. The first-order valence-corrected chi connectivity index (χ1v) is 5.63. The monoisotopic (exact) mass is 186 g/mol. The molecule has 0 aromatic heterocycles. The predicted molar refractivity (Wildman–Crippen MR) is 59.8 cm³/mol. The smallest absolute Gasteiger partial charge is 0.0165 e. The van der Waals surface area contributed by atoms with Gasteiger partial charge < -0.3 is 11.1 Å². The fraction of sp³-hybridized carbons (Fsp3) is 1.00. The third-order valence-electron chi connectivity index (χ3n) is 2.23. The molecule has 0 heterocycles. The van der Waals surface area contributed by atoms with Crippen molar-refractivity contribution in [1.82, 2.24) is 5.32 Å². The summed E-state index contributed by atoms with van der Waals surface area (Å²) < 4.78 is 0. The van der Waals surface area contributed by atoms with Crippen molar-refractivity contribution in [3.8, 4) is 0 Å². The predicted octanol–water partition coefficient (Wildman–Crippen LogP) is 2.14. The third kappa shape index (κ3) is 9.84. The molecular weight excluding hydrogens is 160 g/mol. The lowest BCUT2D eigenvalue weighted by Gasteiger charge is -2.12. The van der Waals surface area contributed by atoms with Crippen LogP contribution in [0.2, 0.25) is 0 Å². The quantitative estimate of drug-likeness (QED) is 0.570. The minimum Gasteiger partial charge on any atom is -0.327 e. The molecule has 0 radical (unpaired) electrons. The molecule has 13 heavy (non-hydrogen) atoms. The summed E-state index contributed by atoms with van der Waals surface area (Å²) in [6.45, 7) is 8.79. The summed E-state index contributed by atoms with van der Waals surface area (Å²) >= 11 is 0. The minimum absolute atomic E-state index is 0.354. The van der Waals surface area contributed by atoms with Gasteiger partial charge in [0, 0.05) is 12.6 Å². The van der Waals surface area contributed by atoms with Crippen molar-refractivity contribution < 1.29 is 0 Å². The average molecular weight is 186 g/mol. The van der Waals surface area contributed by atoms with E-state index in [1.165, 1.54) is 19.3 Å². The Morgan fingerprint density at radius 3 is 2.46 bits per heavy atom. The molecular formula is C11H26N2.